The highest BCUT2D eigenvalue weighted by molar-refractivity contribution is 6.30. The molecule has 2 saturated heterocycles. The maximum absolute atomic E-state index is 13.1. The fourth-order valence-electron chi connectivity index (χ4n) is 5.91. The third-order valence-electron chi connectivity index (χ3n) is 8.32. The normalized spacial score (nSPS) is 22.3. The smallest absolute Gasteiger partial charge is 0.410 e. The van der Waals surface area contributed by atoms with E-state index in [1.807, 2.05) is 32.9 Å². The van der Waals surface area contributed by atoms with Crippen LogP contribution in [0.4, 0.5) is 4.79 Å². The fraction of sp³-hybridized carbons (Fsp3) is 0.710. The Morgan fingerprint density at radius 1 is 1.00 bits per heavy atom. The lowest BCUT2D eigenvalue weighted by molar-refractivity contribution is -0.136. The van der Waals surface area contributed by atoms with Crippen molar-refractivity contribution >= 4 is 29.4 Å². The molecule has 2 amide bonds. The van der Waals surface area contributed by atoms with Gasteiger partial charge in [-0.1, -0.05) is 24.4 Å². The summed E-state index contributed by atoms with van der Waals surface area (Å²) in [6, 6.07) is 4.12. The Hall–Kier alpha value is -2.12. The molecule has 1 aromatic rings. The Balaban J connectivity index is 1.29. The van der Waals surface area contributed by atoms with Crippen molar-refractivity contribution in [2.45, 2.75) is 97.8 Å². The number of hydrogen-bond acceptors (Lipinski definition) is 5. The van der Waals surface area contributed by atoms with E-state index in [4.69, 9.17) is 16.3 Å². The van der Waals surface area contributed by atoms with Crippen molar-refractivity contribution in [3.8, 4) is 0 Å². The number of carbonyl (C=O) groups is 3. The van der Waals surface area contributed by atoms with Gasteiger partial charge in [0.1, 0.15) is 11.4 Å². The van der Waals surface area contributed by atoms with Crippen molar-refractivity contribution in [2.24, 2.45) is 11.8 Å². The van der Waals surface area contributed by atoms with Crippen LogP contribution in [0.3, 0.4) is 0 Å². The van der Waals surface area contributed by atoms with Crippen molar-refractivity contribution in [1.82, 2.24) is 14.7 Å². The van der Waals surface area contributed by atoms with Crippen LogP contribution in [0.1, 0.15) is 82.9 Å². The highest BCUT2D eigenvalue weighted by Crippen LogP contribution is 2.34. The summed E-state index contributed by atoms with van der Waals surface area (Å²) in [5.41, 5.74) is 2.71. The minimum atomic E-state index is -0.522. The van der Waals surface area contributed by atoms with Gasteiger partial charge in [0.15, 0.2) is 0 Å². The first kappa shape index (κ1) is 29.9. The number of nitrogens with zero attached hydrogens (tertiary/aromatic N) is 3. The molecule has 4 rings (SSSR count). The molecule has 2 aliphatic heterocycles. The highest BCUT2D eigenvalue weighted by Gasteiger charge is 2.32. The number of hydrogen-bond donors (Lipinski definition) is 0. The Morgan fingerprint density at radius 2 is 1.72 bits per heavy atom. The SMILES string of the molecule is Cc1c(CC(=O)CC2CCN(C(=O)OC(C)(C)C)C2)cc(Cl)cc1CN1CCN(C(=O)CCC2CC2)[C@@H](C)C1. The standard InChI is InChI=1S/C31H46ClN3O4/c1-21-18-33(12-13-35(21)29(37)9-8-23-6-7-23)20-26-16-27(32)15-25(22(26)2)17-28(36)14-24-10-11-34(19-24)30(38)39-31(3,4)5/h15-16,21,23-24H,6-14,17-20H2,1-5H3/t21-,24?/m0/s1. The lowest BCUT2D eigenvalue weighted by Crippen LogP contribution is -2.53. The van der Waals surface area contributed by atoms with E-state index >= 15 is 0 Å². The Morgan fingerprint density at radius 3 is 2.38 bits per heavy atom. The number of rotatable bonds is 9. The van der Waals surface area contributed by atoms with Gasteiger partial charge in [0.2, 0.25) is 5.91 Å². The molecule has 0 bridgehead atoms. The van der Waals surface area contributed by atoms with E-state index in [2.05, 4.69) is 23.6 Å². The van der Waals surface area contributed by atoms with Crippen LogP contribution in [0.25, 0.3) is 0 Å². The molecular formula is C31H46ClN3O4. The largest absolute Gasteiger partial charge is 0.444 e. The lowest BCUT2D eigenvalue weighted by atomic mass is 9.93. The van der Waals surface area contributed by atoms with Crippen molar-refractivity contribution in [3.63, 3.8) is 0 Å². The monoisotopic (exact) mass is 559 g/mol. The highest BCUT2D eigenvalue weighted by atomic mass is 35.5. The number of ketones is 1. The summed E-state index contributed by atoms with van der Waals surface area (Å²) in [4.78, 5) is 44.3. The number of piperazine rings is 1. The molecule has 39 heavy (non-hydrogen) atoms. The molecule has 1 unspecified atom stereocenters. The van der Waals surface area contributed by atoms with Crippen molar-refractivity contribution in [2.75, 3.05) is 32.7 Å². The molecule has 2 heterocycles. The number of amides is 2. The molecule has 0 spiro atoms. The molecular weight excluding hydrogens is 514 g/mol. The molecule has 0 radical (unpaired) electrons. The third-order valence-corrected chi connectivity index (χ3v) is 8.54. The third kappa shape index (κ3) is 8.68. The summed E-state index contributed by atoms with van der Waals surface area (Å²) in [6.07, 6.45) is 5.62. The van der Waals surface area contributed by atoms with Crippen LogP contribution >= 0.6 is 11.6 Å². The van der Waals surface area contributed by atoms with Gasteiger partial charge in [-0.25, -0.2) is 4.79 Å². The van der Waals surface area contributed by atoms with Crippen LogP contribution in [0.5, 0.6) is 0 Å². The molecule has 216 valence electrons. The van der Waals surface area contributed by atoms with Crippen LogP contribution in [0.2, 0.25) is 5.02 Å². The van der Waals surface area contributed by atoms with E-state index in [-0.39, 0.29) is 23.8 Å². The first-order valence-corrected chi connectivity index (χ1v) is 15.0. The molecule has 3 fully saturated rings. The van der Waals surface area contributed by atoms with E-state index in [1.54, 1.807) is 4.90 Å². The van der Waals surface area contributed by atoms with Gasteiger partial charge in [-0.15, -0.1) is 0 Å². The van der Waals surface area contributed by atoms with Crippen molar-refractivity contribution in [1.29, 1.82) is 0 Å². The zero-order valence-corrected chi connectivity index (χ0v) is 25.2. The molecule has 0 N–H and O–H groups in total. The molecule has 8 heteroatoms. The lowest BCUT2D eigenvalue weighted by Gasteiger charge is -2.40. The molecule has 3 aliphatic rings. The Bertz CT molecular complexity index is 1060. The minimum Gasteiger partial charge on any atom is -0.444 e. The quantitative estimate of drug-likeness (QED) is 0.392. The first-order valence-electron chi connectivity index (χ1n) is 14.7. The van der Waals surface area contributed by atoms with Crippen LogP contribution in [0.15, 0.2) is 12.1 Å². The number of Topliss-reactive ketones (excluding diaryl/α,β-unsaturated/α-hetero) is 1. The van der Waals surface area contributed by atoms with Crippen LogP contribution in [-0.4, -0.2) is 76.9 Å². The van der Waals surface area contributed by atoms with Crippen molar-refractivity contribution in [3.05, 3.63) is 33.8 Å². The zero-order chi connectivity index (χ0) is 28.3. The van der Waals surface area contributed by atoms with Gasteiger partial charge in [0, 0.05) is 69.6 Å². The predicted molar refractivity (Wildman–Crippen MR) is 154 cm³/mol. The van der Waals surface area contributed by atoms with E-state index in [0.717, 1.165) is 61.6 Å². The van der Waals surface area contributed by atoms with Gasteiger partial charge in [0.25, 0.3) is 0 Å². The number of likely N-dealkylation sites (tertiary alicyclic amines) is 1. The molecule has 7 nitrogen and oxygen atoms in total. The van der Waals surface area contributed by atoms with E-state index < -0.39 is 5.60 Å². The molecule has 0 aromatic heterocycles. The average molecular weight is 560 g/mol. The van der Waals surface area contributed by atoms with Gasteiger partial charge in [-0.05, 0) is 88.1 Å². The predicted octanol–water partition coefficient (Wildman–Crippen LogP) is 5.63. The number of benzene rings is 1. The van der Waals surface area contributed by atoms with Crippen molar-refractivity contribution < 1.29 is 19.1 Å². The van der Waals surface area contributed by atoms with Crippen LogP contribution < -0.4 is 0 Å². The Labute approximate surface area is 239 Å². The topological polar surface area (TPSA) is 70.2 Å². The number of ether oxygens (including phenoxy) is 1. The Kier molecular flexibility index (Phi) is 9.64. The van der Waals surface area contributed by atoms with Crippen LogP contribution in [-0.2, 0) is 27.3 Å². The summed E-state index contributed by atoms with van der Waals surface area (Å²) in [7, 11) is 0. The summed E-state index contributed by atoms with van der Waals surface area (Å²) in [6.45, 7) is 14.2. The summed E-state index contributed by atoms with van der Waals surface area (Å²) >= 11 is 6.52. The minimum absolute atomic E-state index is 0.161. The molecule has 2 atom stereocenters. The number of halogens is 1. The zero-order valence-electron chi connectivity index (χ0n) is 24.4. The average Bonchev–Trinajstić information content (AvgIpc) is 3.55. The fourth-order valence-corrected chi connectivity index (χ4v) is 6.17. The maximum Gasteiger partial charge on any atom is 0.410 e. The molecule has 1 aliphatic carbocycles. The first-order chi connectivity index (χ1) is 18.4. The maximum atomic E-state index is 13.1. The summed E-state index contributed by atoms with van der Waals surface area (Å²) in [5, 5.41) is 0.650. The van der Waals surface area contributed by atoms with Gasteiger partial charge in [0.05, 0.1) is 0 Å². The second-order valence-corrected chi connectivity index (χ2v) is 13.4. The van der Waals surface area contributed by atoms with Gasteiger partial charge in [-0.2, -0.15) is 0 Å². The van der Waals surface area contributed by atoms with E-state index in [9.17, 15) is 14.4 Å². The van der Waals surface area contributed by atoms with Crippen LogP contribution in [0, 0.1) is 18.8 Å². The summed E-state index contributed by atoms with van der Waals surface area (Å²) in [5.74, 6) is 1.41. The summed E-state index contributed by atoms with van der Waals surface area (Å²) < 4.78 is 5.48. The van der Waals surface area contributed by atoms with Gasteiger partial charge in [-0.3, -0.25) is 14.5 Å². The van der Waals surface area contributed by atoms with Gasteiger partial charge < -0.3 is 14.5 Å². The number of carbonyl (C=O) groups excluding carboxylic acids is 3. The van der Waals surface area contributed by atoms with E-state index in [0.29, 0.717) is 43.3 Å². The molecule has 1 saturated carbocycles. The second-order valence-electron chi connectivity index (χ2n) is 13.0. The second kappa shape index (κ2) is 12.6. The van der Waals surface area contributed by atoms with Gasteiger partial charge >= 0.3 is 6.09 Å². The molecule has 1 aromatic carbocycles. The van der Waals surface area contributed by atoms with E-state index in [1.165, 1.54) is 12.8 Å².